The largest absolute Gasteiger partial charge is 0.354 e. The Morgan fingerprint density at radius 1 is 1.19 bits per heavy atom. The van der Waals surface area contributed by atoms with Gasteiger partial charge in [0.05, 0.1) is 12.2 Å². The summed E-state index contributed by atoms with van der Waals surface area (Å²) in [6.07, 6.45) is 11.6. The number of carbonyl (C=O) groups is 1. The Morgan fingerprint density at radius 2 is 2.00 bits per heavy atom. The summed E-state index contributed by atoms with van der Waals surface area (Å²) < 4.78 is 1.90. The second-order valence-corrected chi connectivity index (χ2v) is 8.07. The van der Waals surface area contributed by atoms with E-state index in [9.17, 15) is 4.79 Å². The summed E-state index contributed by atoms with van der Waals surface area (Å²) in [6, 6.07) is 0. The number of hydrogen-bond donors (Lipinski definition) is 1. The van der Waals surface area contributed by atoms with Crippen LogP contribution in [0.25, 0.3) is 11.2 Å². The van der Waals surface area contributed by atoms with Crippen LogP contribution >= 0.6 is 0 Å². The van der Waals surface area contributed by atoms with Crippen LogP contribution in [-0.2, 0) is 11.3 Å². The number of nitrogens with zero attached hydrogens (tertiary/aromatic N) is 5. The van der Waals surface area contributed by atoms with E-state index in [4.69, 9.17) is 5.10 Å². The van der Waals surface area contributed by atoms with Gasteiger partial charge in [-0.05, 0) is 31.7 Å². The summed E-state index contributed by atoms with van der Waals surface area (Å²) in [4.78, 5) is 22.8. The predicted molar refractivity (Wildman–Crippen MR) is 104 cm³/mol. The molecule has 0 spiro atoms. The Balaban J connectivity index is 1.46. The molecular formula is C20H30N6O. The average molecular weight is 371 g/mol. The van der Waals surface area contributed by atoms with Crippen LogP contribution < -0.4 is 5.32 Å². The van der Waals surface area contributed by atoms with Crippen LogP contribution in [0.5, 0.6) is 0 Å². The second kappa shape index (κ2) is 8.33. The van der Waals surface area contributed by atoms with Crippen LogP contribution in [0.1, 0.15) is 57.1 Å². The van der Waals surface area contributed by atoms with E-state index < -0.39 is 0 Å². The zero-order valence-electron chi connectivity index (χ0n) is 16.2. The van der Waals surface area contributed by atoms with Crippen molar-refractivity contribution in [1.82, 2.24) is 30.0 Å². The van der Waals surface area contributed by atoms with Gasteiger partial charge >= 0.3 is 0 Å². The van der Waals surface area contributed by atoms with Gasteiger partial charge in [-0.25, -0.2) is 14.6 Å². The minimum atomic E-state index is -0.0214. The smallest absolute Gasteiger partial charge is 0.216 e. The molecule has 1 amide bonds. The van der Waals surface area contributed by atoms with Crippen LogP contribution in [0.3, 0.4) is 0 Å². The molecule has 7 nitrogen and oxygen atoms in total. The Hall–Kier alpha value is -2.02. The van der Waals surface area contributed by atoms with Gasteiger partial charge in [0.2, 0.25) is 5.91 Å². The van der Waals surface area contributed by atoms with E-state index in [0.29, 0.717) is 19.0 Å². The molecule has 2 fully saturated rings. The average Bonchev–Trinajstić information content (AvgIpc) is 3.27. The second-order valence-electron chi connectivity index (χ2n) is 8.07. The Bertz CT molecular complexity index is 782. The lowest BCUT2D eigenvalue weighted by Gasteiger charge is -2.26. The first-order chi connectivity index (χ1) is 13.2. The fourth-order valence-electron chi connectivity index (χ4n) is 4.65. The van der Waals surface area contributed by atoms with Gasteiger partial charge in [0.15, 0.2) is 5.65 Å². The highest BCUT2D eigenvalue weighted by atomic mass is 16.1. The Morgan fingerprint density at radius 3 is 2.81 bits per heavy atom. The number of aromatic nitrogens is 4. The van der Waals surface area contributed by atoms with Crippen molar-refractivity contribution in [2.24, 2.45) is 5.92 Å². The van der Waals surface area contributed by atoms with Crippen molar-refractivity contribution in [2.45, 2.75) is 57.9 Å². The van der Waals surface area contributed by atoms with E-state index in [1.54, 1.807) is 12.4 Å². The lowest BCUT2D eigenvalue weighted by Crippen LogP contribution is -2.28. The van der Waals surface area contributed by atoms with Gasteiger partial charge in [0.1, 0.15) is 5.52 Å². The molecule has 1 aliphatic heterocycles. The SMILES string of the molecule is CC(=O)NCCn1nc([C@H]2CCN(CC3CCCCC3)C2)c2nccnc21. The van der Waals surface area contributed by atoms with Gasteiger partial charge in [0.25, 0.3) is 0 Å². The van der Waals surface area contributed by atoms with E-state index >= 15 is 0 Å². The van der Waals surface area contributed by atoms with Gasteiger partial charge < -0.3 is 10.2 Å². The lowest BCUT2D eigenvalue weighted by molar-refractivity contribution is -0.118. The molecule has 0 unspecified atom stereocenters. The summed E-state index contributed by atoms with van der Waals surface area (Å²) in [5.74, 6) is 1.28. The van der Waals surface area contributed by atoms with E-state index in [1.807, 2.05) is 4.68 Å². The molecule has 7 heteroatoms. The van der Waals surface area contributed by atoms with Crippen LogP contribution in [0.15, 0.2) is 12.4 Å². The number of fused-ring (bicyclic) bond motifs is 1. The summed E-state index contributed by atoms with van der Waals surface area (Å²) >= 11 is 0. The van der Waals surface area contributed by atoms with E-state index in [-0.39, 0.29) is 5.91 Å². The molecule has 146 valence electrons. The quantitative estimate of drug-likeness (QED) is 0.845. The van der Waals surface area contributed by atoms with Crippen LogP contribution in [0, 0.1) is 5.92 Å². The molecule has 4 rings (SSSR count). The highest BCUT2D eigenvalue weighted by molar-refractivity contribution is 5.74. The molecule has 1 saturated carbocycles. The fraction of sp³-hybridized carbons (Fsp3) is 0.700. The molecule has 1 saturated heterocycles. The predicted octanol–water partition coefficient (Wildman–Crippen LogP) is 2.33. The fourth-order valence-corrected chi connectivity index (χ4v) is 4.65. The Labute approximate surface area is 160 Å². The zero-order chi connectivity index (χ0) is 18.6. The van der Waals surface area contributed by atoms with Gasteiger partial charge in [-0.2, -0.15) is 5.10 Å². The number of nitrogens with one attached hydrogen (secondary N) is 1. The van der Waals surface area contributed by atoms with Gasteiger partial charge in [-0.1, -0.05) is 19.3 Å². The Kier molecular flexibility index (Phi) is 5.66. The van der Waals surface area contributed by atoms with Gasteiger partial charge in [-0.15, -0.1) is 0 Å². The summed E-state index contributed by atoms with van der Waals surface area (Å²) in [6.45, 7) is 6.18. The highest BCUT2D eigenvalue weighted by Gasteiger charge is 2.30. The topological polar surface area (TPSA) is 75.9 Å². The maximum absolute atomic E-state index is 11.1. The molecule has 2 aromatic rings. The van der Waals surface area contributed by atoms with Crippen molar-refractivity contribution in [1.29, 1.82) is 0 Å². The van der Waals surface area contributed by atoms with Crippen molar-refractivity contribution < 1.29 is 4.79 Å². The summed E-state index contributed by atoms with van der Waals surface area (Å²) in [5.41, 5.74) is 2.82. The molecular weight excluding hydrogens is 340 g/mol. The normalized spacial score (nSPS) is 21.7. The van der Waals surface area contributed by atoms with E-state index in [0.717, 1.165) is 42.3 Å². The molecule has 0 radical (unpaired) electrons. The van der Waals surface area contributed by atoms with Crippen molar-refractivity contribution in [3.8, 4) is 0 Å². The number of amides is 1. The molecule has 0 bridgehead atoms. The zero-order valence-corrected chi connectivity index (χ0v) is 16.2. The molecule has 2 aliphatic rings. The monoisotopic (exact) mass is 370 g/mol. The number of rotatable bonds is 6. The summed E-state index contributed by atoms with van der Waals surface area (Å²) in [7, 11) is 0. The molecule has 1 atom stereocenters. The standard InChI is InChI=1S/C20H30N6O/c1-15(27)21-10-12-26-20-19(22-8-9-23-20)18(24-26)17-7-11-25(14-17)13-16-5-3-2-4-6-16/h8-9,16-17H,2-7,10-14H2,1H3,(H,21,27)/t17-/m0/s1. The van der Waals surface area contributed by atoms with Crippen molar-refractivity contribution >= 4 is 17.1 Å². The van der Waals surface area contributed by atoms with Crippen LogP contribution in [-0.4, -0.2) is 56.7 Å². The van der Waals surface area contributed by atoms with Gasteiger partial charge in [-0.3, -0.25) is 4.79 Å². The van der Waals surface area contributed by atoms with Crippen LogP contribution in [0.2, 0.25) is 0 Å². The molecule has 0 aromatic carbocycles. The summed E-state index contributed by atoms with van der Waals surface area (Å²) in [5, 5.41) is 7.70. The van der Waals surface area contributed by atoms with Crippen LogP contribution in [0.4, 0.5) is 0 Å². The van der Waals surface area contributed by atoms with Gasteiger partial charge in [0, 0.05) is 44.9 Å². The van der Waals surface area contributed by atoms with Crippen molar-refractivity contribution in [2.75, 3.05) is 26.2 Å². The first-order valence-electron chi connectivity index (χ1n) is 10.3. The lowest BCUT2D eigenvalue weighted by atomic mass is 9.89. The first-order valence-corrected chi connectivity index (χ1v) is 10.3. The first kappa shape index (κ1) is 18.3. The third-order valence-electron chi connectivity index (χ3n) is 5.99. The third kappa shape index (κ3) is 4.29. The molecule has 1 aliphatic carbocycles. The molecule has 27 heavy (non-hydrogen) atoms. The third-order valence-corrected chi connectivity index (χ3v) is 5.99. The molecule has 3 heterocycles. The van der Waals surface area contributed by atoms with Crippen molar-refractivity contribution in [3.63, 3.8) is 0 Å². The van der Waals surface area contributed by atoms with Crippen molar-refractivity contribution in [3.05, 3.63) is 18.1 Å². The number of carbonyl (C=O) groups excluding carboxylic acids is 1. The van der Waals surface area contributed by atoms with E-state index in [1.165, 1.54) is 45.6 Å². The molecule has 2 aromatic heterocycles. The minimum Gasteiger partial charge on any atom is -0.354 e. The minimum absolute atomic E-state index is 0.0214. The molecule has 1 N–H and O–H groups in total. The number of likely N-dealkylation sites (tertiary alicyclic amines) is 1. The number of hydrogen-bond acceptors (Lipinski definition) is 5. The maximum Gasteiger partial charge on any atom is 0.216 e. The maximum atomic E-state index is 11.1. The highest BCUT2D eigenvalue weighted by Crippen LogP contribution is 2.32. The van der Waals surface area contributed by atoms with E-state index in [2.05, 4.69) is 20.2 Å².